The van der Waals surface area contributed by atoms with Gasteiger partial charge in [0.15, 0.2) is 0 Å². The van der Waals surface area contributed by atoms with Gasteiger partial charge in [-0.05, 0) is 55.7 Å². The third-order valence-corrected chi connectivity index (χ3v) is 8.64. The third kappa shape index (κ3) is 2.85. The van der Waals surface area contributed by atoms with E-state index in [4.69, 9.17) is 34.8 Å². The summed E-state index contributed by atoms with van der Waals surface area (Å²) in [6, 6.07) is 4.85. The van der Waals surface area contributed by atoms with E-state index in [2.05, 4.69) is 13.8 Å². The van der Waals surface area contributed by atoms with E-state index in [1.165, 1.54) is 16.5 Å². The van der Waals surface area contributed by atoms with Crippen LogP contribution in [0.15, 0.2) is 18.2 Å². The number of benzene rings is 2. The Morgan fingerprint density at radius 1 is 0.885 bits per heavy atom. The number of fused-ring (bicyclic) bond motifs is 2. The van der Waals surface area contributed by atoms with Crippen molar-refractivity contribution in [3.05, 3.63) is 65.5 Å². The van der Waals surface area contributed by atoms with Crippen LogP contribution < -0.4 is 0 Å². The van der Waals surface area contributed by atoms with Gasteiger partial charge in [0.25, 0.3) is 0 Å². The van der Waals surface area contributed by atoms with Crippen molar-refractivity contribution in [1.29, 1.82) is 0 Å². The summed E-state index contributed by atoms with van der Waals surface area (Å²) in [5, 5.41) is 3.83. The Bertz CT molecular complexity index is 1190. The standard InChI is InChI=1S/C20H14Cl3FS2/c1-8-10(3)25-20-14(21)4-11(18(23)17(8)20)5-16-9(2)13-6-12(24)7-15(22)19(13)26-16/h4,6-7H,5H2,1-3H3. The Balaban J connectivity index is 1.89. The summed E-state index contributed by atoms with van der Waals surface area (Å²) in [4.78, 5) is 2.34. The number of hydrogen-bond donors (Lipinski definition) is 0. The van der Waals surface area contributed by atoms with Crippen LogP contribution in [0, 0.1) is 26.6 Å². The maximum atomic E-state index is 13.7. The Hall–Kier alpha value is -0.840. The number of halogens is 4. The lowest BCUT2D eigenvalue weighted by Crippen LogP contribution is -1.90. The first kappa shape index (κ1) is 18.5. The van der Waals surface area contributed by atoms with Gasteiger partial charge in [0, 0.05) is 26.9 Å². The summed E-state index contributed by atoms with van der Waals surface area (Å²) in [7, 11) is 0. The Labute approximate surface area is 174 Å². The van der Waals surface area contributed by atoms with Crippen molar-refractivity contribution in [3.8, 4) is 0 Å². The molecule has 0 aliphatic rings. The van der Waals surface area contributed by atoms with Crippen LogP contribution in [0.4, 0.5) is 4.39 Å². The van der Waals surface area contributed by atoms with Crippen molar-refractivity contribution in [1.82, 2.24) is 0 Å². The summed E-state index contributed by atoms with van der Waals surface area (Å²) in [5.74, 6) is -0.318. The second-order valence-corrected chi connectivity index (χ2v) is 9.93. The van der Waals surface area contributed by atoms with E-state index in [0.717, 1.165) is 46.2 Å². The first-order valence-electron chi connectivity index (χ1n) is 8.01. The number of rotatable bonds is 2. The molecule has 2 aromatic carbocycles. The van der Waals surface area contributed by atoms with Gasteiger partial charge >= 0.3 is 0 Å². The molecule has 0 fully saturated rings. The molecule has 4 aromatic rings. The topological polar surface area (TPSA) is 0 Å². The third-order valence-electron chi connectivity index (χ3n) is 4.81. The lowest BCUT2D eigenvalue weighted by atomic mass is 10.0. The van der Waals surface area contributed by atoms with Gasteiger partial charge in [-0.25, -0.2) is 4.39 Å². The maximum Gasteiger partial charge on any atom is 0.125 e. The molecule has 0 bridgehead atoms. The molecular weight excluding hydrogens is 430 g/mol. The largest absolute Gasteiger partial charge is 0.207 e. The summed E-state index contributed by atoms with van der Waals surface area (Å²) < 4.78 is 15.7. The smallest absolute Gasteiger partial charge is 0.125 e. The molecule has 0 nitrogen and oxygen atoms in total. The first-order chi connectivity index (χ1) is 12.3. The van der Waals surface area contributed by atoms with Crippen molar-refractivity contribution >= 4 is 77.6 Å². The average molecular weight is 444 g/mol. The minimum absolute atomic E-state index is 0.318. The fourth-order valence-electron chi connectivity index (χ4n) is 3.26. The fourth-order valence-corrected chi connectivity index (χ4v) is 6.63. The molecule has 134 valence electrons. The van der Waals surface area contributed by atoms with Gasteiger partial charge < -0.3 is 0 Å². The van der Waals surface area contributed by atoms with Gasteiger partial charge in [0.05, 0.1) is 24.5 Å². The SMILES string of the molecule is Cc1sc2c(Cl)cc(Cc3sc4c(Cl)cc(F)cc4c3C)c(Cl)c2c1C. The predicted molar refractivity (Wildman–Crippen MR) is 116 cm³/mol. The molecule has 26 heavy (non-hydrogen) atoms. The molecule has 2 heterocycles. The van der Waals surface area contributed by atoms with Gasteiger partial charge in [0.1, 0.15) is 5.82 Å². The molecule has 0 amide bonds. The van der Waals surface area contributed by atoms with Gasteiger partial charge in [-0.1, -0.05) is 34.8 Å². The molecule has 2 aromatic heterocycles. The summed E-state index contributed by atoms with van der Waals surface area (Å²) in [5.41, 5.74) is 3.20. The first-order valence-corrected chi connectivity index (χ1v) is 10.8. The highest BCUT2D eigenvalue weighted by Crippen LogP contribution is 2.43. The lowest BCUT2D eigenvalue weighted by Gasteiger charge is -2.08. The average Bonchev–Trinajstić information content (AvgIpc) is 3.04. The van der Waals surface area contributed by atoms with Gasteiger partial charge in [-0.3, -0.25) is 0 Å². The molecular formula is C20H14Cl3FS2. The van der Waals surface area contributed by atoms with E-state index in [-0.39, 0.29) is 5.82 Å². The Morgan fingerprint density at radius 3 is 2.31 bits per heavy atom. The minimum Gasteiger partial charge on any atom is -0.207 e. The Morgan fingerprint density at radius 2 is 1.58 bits per heavy atom. The van der Waals surface area contributed by atoms with Crippen LogP contribution in [0.3, 0.4) is 0 Å². The van der Waals surface area contributed by atoms with E-state index in [1.807, 2.05) is 13.0 Å². The second kappa shape index (κ2) is 6.65. The molecule has 0 unspecified atom stereocenters. The molecule has 0 aliphatic heterocycles. The van der Waals surface area contributed by atoms with E-state index in [0.29, 0.717) is 11.4 Å². The van der Waals surface area contributed by atoms with Gasteiger partial charge in [-0.2, -0.15) is 0 Å². The summed E-state index contributed by atoms with van der Waals surface area (Å²) >= 11 is 22.8. The molecule has 6 heteroatoms. The number of hydrogen-bond acceptors (Lipinski definition) is 2. The molecule has 0 radical (unpaired) electrons. The van der Waals surface area contributed by atoms with Crippen LogP contribution in [0.1, 0.15) is 26.4 Å². The van der Waals surface area contributed by atoms with Crippen molar-refractivity contribution in [3.63, 3.8) is 0 Å². The molecule has 0 saturated carbocycles. The normalized spacial score (nSPS) is 11.8. The van der Waals surface area contributed by atoms with Crippen LogP contribution in [0.5, 0.6) is 0 Å². The molecule has 4 rings (SSSR count). The van der Waals surface area contributed by atoms with E-state index < -0.39 is 0 Å². The van der Waals surface area contributed by atoms with E-state index in [9.17, 15) is 4.39 Å². The summed E-state index contributed by atoms with van der Waals surface area (Å²) in [6.07, 6.45) is 0.645. The zero-order valence-corrected chi connectivity index (χ0v) is 18.2. The van der Waals surface area contributed by atoms with Crippen molar-refractivity contribution in [2.24, 2.45) is 0 Å². The van der Waals surface area contributed by atoms with Crippen LogP contribution in [-0.4, -0.2) is 0 Å². The zero-order valence-electron chi connectivity index (χ0n) is 14.3. The van der Waals surface area contributed by atoms with Crippen molar-refractivity contribution < 1.29 is 4.39 Å². The van der Waals surface area contributed by atoms with Gasteiger partial charge in [0.2, 0.25) is 0 Å². The highest BCUT2D eigenvalue weighted by molar-refractivity contribution is 7.20. The highest BCUT2D eigenvalue weighted by Gasteiger charge is 2.19. The number of aryl methyl sites for hydroxylation is 3. The Kier molecular flexibility index (Phi) is 4.73. The molecule has 0 atom stereocenters. The monoisotopic (exact) mass is 442 g/mol. The zero-order chi connectivity index (χ0) is 18.7. The molecule has 0 saturated heterocycles. The minimum atomic E-state index is -0.318. The lowest BCUT2D eigenvalue weighted by molar-refractivity contribution is 0.630. The molecule has 0 spiro atoms. The fraction of sp³-hybridized carbons (Fsp3) is 0.200. The quantitative estimate of drug-likeness (QED) is 0.290. The molecule has 0 aliphatic carbocycles. The second-order valence-electron chi connectivity index (χ2n) is 6.41. The van der Waals surface area contributed by atoms with E-state index >= 15 is 0 Å². The van der Waals surface area contributed by atoms with Gasteiger partial charge in [-0.15, -0.1) is 22.7 Å². The highest BCUT2D eigenvalue weighted by atomic mass is 35.5. The van der Waals surface area contributed by atoms with E-state index in [1.54, 1.807) is 28.7 Å². The van der Waals surface area contributed by atoms with Crippen LogP contribution in [-0.2, 0) is 6.42 Å². The van der Waals surface area contributed by atoms with Crippen molar-refractivity contribution in [2.45, 2.75) is 27.2 Å². The number of thiophene rings is 2. The predicted octanol–water partition coefficient (Wildman–Crippen LogP) is 8.73. The van der Waals surface area contributed by atoms with Crippen molar-refractivity contribution in [2.75, 3.05) is 0 Å². The van der Waals surface area contributed by atoms with Crippen LogP contribution in [0.2, 0.25) is 15.1 Å². The molecule has 0 N–H and O–H groups in total. The van der Waals surface area contributed by atoms with Crippen LogP contribution in [0.25, 0.3) is 20.2 Å². The maximum absolute atomic E-state index is 13.7. The summed E-state index contributed by atoms with van der Waals surface area (Å²) in [6.45, 7) is 6.16. The van der Waals surface area contributed by atoms with Crippen LogP contribution >= 0.6 is 57.5 Å².